The number of piperidine rings is 3. The molecule has 0 amide bonds. The van der Waals surface area contributed by atoms with Crippen LogP contribution in [0.1, 0.15) is 39.2 Å². The van der Waals surface area contributed by atoms with Gasteiger partial charge in [-0.05, 0) is 62.0 Å². The van der Waals surface area contributed by atoms with E-state index in [2.05, 4.69) is 66.8 Å². The summed E-state index contributed by atoms with van der Waals surface area (Å²) in [4.78, 5) is 8.03. The summed E-state index contributed by atoms with van der Waals surface area (Å²) in [5.41, 5.74) is 3.44. The van der Waals surface area contributed by atoms with Gasteiger partial charge in [0.05, 0.1) is 5.54 Å². The summed E-state index contributed by atoms with van der Waals surface area (Å²) in [5.74, 6) is 0.879. The van der Waals surface area contributed by atoms with Crippen molar-refractivity contribution < 1.29 is 0 Å². The summed E-state index contributed by atoms with van der Waals surface area (Å²) in [6.07, 6.45) is 2.78. The zero-order valence-corrected chi connectivity index (χ0v) is 15.9. The molecule has 132 valence electrons. The van der Waals surface area contributed by atoms with E-state index in [1.54, 1.807) is 0 Å². The van der Waals surface area contributed by atoms with E-state index < -0.39 is 0 Å². The van der Waals surface area contributed by atoms with E-state index in [1.165, 1.54) is 56.8 Å². The van der Waals surface area contributed by atoms with E-state index in [1.807, 2.05) is 0 Å². The van der Waals surface area contributed by atoms with Gasteiger partial charge in [-0.2, -0.15) is 0 Å². The van der Waals surface area contributed by atoms with Gasteiger partial charge in [0.25, 0.3) is 0 Å². The number of fused-ring (bicyclic) bond motifs is 2. The number of benzene rings is 1. The highest BCUT2D eigenvalue weighted by molar-refractivity contribution is 5.50. The summed E-state index contributed by atoms with van der Waals surface area (Å²) < 4.78 is 0. The summed E-state index contributed by atoms with van der Waals surface area (Å²) in [7, 11) is 2.36. The minimum atomic E-state index is 0.234. The monoisotopic (exact) mass is 327 g/mol. The summed E-state index contributed by atoms with van der Waals surface area (Å²) in [5, 5.41) is 0. The molecule has 1 atom stereocenters. The maximum Gasteiger partial charge on any atom is 0.0538 e. The summed E-state index contributed by atoms with van der Waals surface area (Å²) >= 11 is 0. The van der Waals surface area contributed by atoms with Crippen LogP contribution in [0.25, 0.3) is 0 Å². The maximum atomic E-state index is 2.70. The van der Waals surface area contributed by atoms with E-state index in [0.29, 0.717) is 5.54 Å². The molecular formula is C21H33N3. The van der Waals surface area contributed by atoms with Gasteiger partial charge in [-0.15, -0.1) is 0 Å². The standard InChI is InChI=1S/C21H33N3/c1-20(2,3)17-5-7-19(8-6-17)24-14-13-22(4)21(16-24)15-23-11-9-18(21)10-12-23/h5-8,18H,9-16H2,1-4H3. The zero-order valence-electron chi connectivity index (χ0n) is 15.9. The molecule has 3 heteroatoms. The van der Waals surface area contributed by atoms with Crippen LogP contribution < -0.4 is 4.90 Å². The molecule has 0 radical (unpaired) electrons. The molecule has 1 unspecified atom stereocenters. The van der Waals surface area contributed by atoms with Crippen LogP contribution in [0.4, 0.5) is 5.69 Å². The molecule has 2 bridgehead atoms. The Bertz CT molecular complexity index is 580. The number of likely N-dealkylation sites (N-methyl/N-ethyl adjacent to an activating group) is 1. The first-order valence-corrected chi connectivity index (χ1v) is 9.68. The number of hydrogen-bond acceptors (Lipinski definition) is 3. The second-order valence-electron chi connectivity index (χ2n) is 9.29. The molecular weight excluding hydrogens is 294 g/mol. The molecule has 4 saturated heterocycles. The van der Waals surface area contributed by atoms with Crippen molar-refractivity contribution in [2.24, 2.45) is 5.92 Å². The highest BCUT2D eigenvalue weighted by atomic mass is 15.4. The fraction of sp³-hybridized carbons (Fsp3) is 0.714. The van der Waals surface area contributed by atoms with Crippen molar-refractivity contribution in [3.05, 3.63) is 29.8 Å². The molecule has 1 spiro atoms. The Morgan fingerprint density at radius 1 is 0.917 bits per heavy atom. The van der Waals surface area contributed by atoms with Crippen molar-refractivity contribution in [1.82, 2.24) is 9.80 Å². The van der Waals surface area contributed by atoms with E-state index in [9.17, 15) is 0 Å². The number of nitrogens with zero attached hydrogens (tertiary/aromatic N) is 3. The predicted molar refractivity (Wildman–Crippen MR) is 102 cm³/mol. The van der Waals surface area contributed by atoms with Crippen LogP contribution in [0.5, 0.6) is 0 Å². The van der Waals surface area contributed by atoms with Crippen LogP contribution >= 0.6 is 0 Å². The molecule has 0 N–H and O–H groups in total. The highest BCUT2D eigenvalue weighted by Crippen LogP contribution is 2.42. The molecule has 0 aromatic heterocycles. The van der Waals surface area contributed by atoms with E-state index >= 15 is 0 Å². The zero-order chi connectivity index (χ0) is 16.9. The van der Waals surface area contributed by atoms with Gasteiger partial charge in [0, 0.05) is 31.9 Å². The quantitative estimate of drug-likeness (QED) is 0.784. The Kier molecular flexibility index (Phi) is 3.92. The van der Waals surface area contributed by atoms with Crippen molar-refractivity contribution in [3.8, 4) is 0 Å². The van der Waals surface area contributed by atoms with Gasteiger partial charge in [0.2, 0.25) is 0 Å². The van der Waals surface area contributed by atoms with E-state index in [4.69, 9.17) is 0 Å². The van der Waals surface area contributed by atoms with Crippen molar-refractivity contribution in [1.29, 1.82) is 0 Å². The lowest BCUT2D eigenvalue weighted by Crippen LogP contribution is -2.73. The third kappa shape index (κ3) is 2.66. The second-order valence-corrected chi connectivity index (χ2v) is 9.29. The first-order valence-electron chi connectivity index (χ1n) is 9.68. The lowest BCUT2D eigenvalue weighted by Gasteiger charge is -2.61. The average molecular weight is 328 g/mol. The first kappa shape index (κ1) is 16.4. The smallest absolute Gasteiger partial charge is 0.0538 e. The molecule has 24 heavy (non-hydrogen) atoms. The second kappa shape index (κ2) is 5.74. The summed E-state index contributed by atoms with van der Waals surface area (Å²) in [6, 6.07) is 9.36. The Morgan fingerprint density at radius 3 is 2.12 bits per heavy atom. The van der Waals surface area contributed by atoms with Gasteiger partial charge in [0.15, 0.2) is 0 Å². The Morgan fingerprint density at radius 2 is 1.58 bits per heavy atom. The molecule has 0 saturated carbocycles. The van der Waals surface area contributed by atoms with Crippen molar-refractivity contribution in [2.75, 3.05) is 51.2 Å². The number of hydrogen-bond donors (Lipinski definition) is 0. The minimum absolute atomic E-state index is 0.234. The van der Waals surface area contributed by atoms with Crippen LogP contribution in [-0.4, -0.2) is 61.7 Å². The van der Waals surface area contributed by atoms with Crippen molar-refractivity contribution in [2.45, 2.75) is 44.6 Å². The largest absolute Gasteiger partial charge is 0.368 e. The third-order valence-electron chi connectivity index (χ3n) is 6.87. The molecule has 4 aliphatic rings. The van der Waals surface area contributed by atoms with Crippen molar-refractivity contribution >= 4 is 5.69 Å². The van der Waals surface area contributed by atoms with Crippen LogP contribution in [0.15, 0.2) is 24.3 Å². The Labute approximate surface area is 147 Å². The lowest BCUT2D eigenvalue weighted by molar-refractivity contribution is -0.0653. The van der Waals surface area contributed by atoms with E-state index in [-0.39, 0.29) is 5.41 Å². The highest BCUT2D eigenvalue weighted by Gasteiger charge is 2.51. The van der Waals surface area contributed by atoms with Crippen LogP contribution in [0.3, 0.4) is 0 Å². The van der Waals surface area contributed by atoms with Crippen LogP contribution in [0.2, 0.25) is 0 Å². The molecule has 5 rings (SSSR count). The normalized spacial score (nSPS) is 34.1. The number of anilines is 1. The summed E-state index contributed by atoms with van der Waals surface area (Å²) in [6.45, 7) is 14.3. The minimum Gasteiger partial charge on any atom is -0.368 e. The predicted octanol–water partition coefficient (Wildman–Crippen LogP) is 3.20. The lowest BCUT2D eigenvalue weighted by atomic mass is 9.70. The van der Waals surface area contributed by atoms with Gasteiger partial charge in [-0.1, -0.05) is 32.9 Å². The molecule has 1 aromatic carbocycles. The Balaban J connectivity index is 1.57. The van der Waals surface area contributed by atoms with Gasteiger partial charge in [0.1, 0.15) is 0 Å². The molecule has 1 aromatic rings. The number of piperazine rings is 1. The molecule has 4 fully saturated rings. The van der Waals surface area contributed by atoms with Gasteiger partial charge < -0.3 is 9.80 Å². The molecule has 4 heterocycles. The van der Waals surface area contributed by atoms with Gasteiger partial charge in [-0.3, -0.25) is 4.90 Å². The Hall–Kier alpha value is -1.06. The molecule has 3 nitrogen and oxygen atoms in total. The van der Waals surface area contributed by atoms with Gasteiger partial charge >= 0.3 is 0 Å². The van der Waals surface area contributed by atoms with Gasteiger partial charge in [-0.25, -0.2) is 0 Å². The number of rotatable bonds is 1. The average Bonchev–Trinajstić information content (AvgIpc) is 2.58. The molecule has 4 aliphatic heterocycles. The topological polar surface area (TPSA) is 9.72 Å². The van der Waals surface area contributed by atoms with Crippen molar-refractivity contribution in [3.63, 3.8) is 0 Å². The third-order valence-corrected chi connectivity index (χ3v) is 6.87. The van der Waals surface area contributed by atoms with E-state index in [0.717, 1.165) is 12.5 Å². The molecule has 0 aliphatic carbocycles. The fourth-order valence-corrected chi connectivity index (χ4v) is 5.17. The maximum absolute atomic E-state index is 2.70. The van der Waals surface area contributed by atoms with Crippen LogP contribution in [0, 0.1) is 5.92 Å². The fourth-order valence-electron chi connectivity index (χ4n) is 5.17. The van der Waals surface area contributed by atoms with Crippen LogP contribution in [-0.2, 0) is 5.41 Å². The first-order chi connectivity index (χ1) is 11.4. The SMILES string of the molecule is CN1CCN(c2ccc(C(C)(C)C)cc2)CC12CN1CCC2CC1.